The minimum atomic E-state index is -0.423. The molecule has 110 valence electrons. The second-order valence-electron chi connectivity index (χ2n) is 6.15. The smallest absolute Gasteiger partial charge is 0.340 e. The number of nitrogens with zero attached hydrogens (tertiary/aromatic N) is 1. The first-order valence-corrected chi connectivity index (χ1v) is 7.55. The number of hydrogen-bond donors (Lipinski definition) is 1. The molecule has 2 aliphatic heterocycles. The van der Waals surface area contributed by atoms with Gasteiger partial charge >= 0.3 is 5.97 Å². The van der Waals surface area contributed by atoms with Gasteiger partial charge in [0.25, 0.3) is 0 Å². The van der Waals surface area contributed by atoms with Crippen LogP contribution < -0.4 is 0 Å². The van der Waals surface area contributed by atoms with Gasteiger partial charge in [-0.05, 0) is 26.0 Å². The van der Waals surface area contributed by atoms with Gasteiger partial charge in [0.15, 0.2) is 0 Å². The van der Waals surface area contributed by atoms with Gasteiger partial charge in [0.05, 0.1) is 8.30 Å². The van der Waals surface area contributed by atoms with Gasteiger partial charge < -0.3 is 14.6 Å². The van der Waals surface area contributed by atoms with Gasteiger partial charge in [0, 0.05) is 42.0 Å². The highest BCUT2D eigenvalue weighted by Gasteiger charge is 2.40. The zero-order valence-corrected chi connectivity index (χ0v) is 12.1. The van der Waals surface area contributed by atoms with E-state index >= 15 is 0 Å². The lowest BCUT2D eigenvalue weighted by Gasteiger charge is -2.35. The maximum absolute atomic E-state index is 12.6. The SMILES string of the molecule is [2H]c1ccc2c(C(=O)OC3CC4CC[C@H](C3)N4C)c([2H])[nH]c2c1. The Morgan fingerprint density at radius 1 is 1.38 bits per heavy atom. The summed E-state index contributed by atoms with van der Waals surface area (Å²) in [6, 6.07) is 6.33. The Labute approximate surface area is 126 Å². The quantitative estimate of drug-likeness (QED) is 0.863. The molecule has 4 heteroatoms. The molecule has 2 aliphatic rings. The van der Waals surface area contributed by atoms with Gasteiger partial charge in [-0.1, -0.05) is 18.2 Å². The van der Waals surface area contributed by atoms with Gasteiger partial charge in [-0.25, -0.2) is 4.79 Å². The van der Waals surface area contributed by atoms with Crippen LogP contribution in [0.1, 0.15) is 38.8 Å². The number of esters is 1. The lowest BCUT2D eigenvalue weighted by Crippen LogP contribution is -2.43. The number of nitrogens with one attached hydrogen (secondary N) is 1. The Morgan fingerprint density at radius 3 is 2.90 bits per heavy atom. The van der Waals surface area contributed by atoms with Crippen molar-refractivity contribution in [1.29, 1.82) is 0 Å². The van der Waals surface area contributed by atoms with E-state index in [1.807, 2.05) is 0 Å². The maximum atomic E-state index is 12.6. The van der Waals surface area contributed by atoms with Gasteiger partial charge in [0.2, 0.25) is 0 Å². The highest BCUT2D eigenvalue weighted by Crippen LogP contribution is 2.35. The monoisotopic (exact) mass is 286 g/mol. The summed E-state index contributed by atoms with van der Waals surface area (Å²) < 4.78 is 21.4. The van der Waals surface area contributed by atoms with Crippen LogP contribution in [0.2, 0.25) is 0 Å². The minimum Gasteiger partial charge on any atom is -0.459 e. The molecule has 1 N–H and O–H groups in total. The second-order valence-corrected chi connectivity index (χ2v) is 6.15. The van der Waals surface area contributed by atoms with Crippen molar-refractivity contribution in [2.75, 3.05) is 7.05 Å². The van der Waals surface area contributed by atoms with Crippen LogP contribution in [0.25, 0.3) is 10.9 Å². The molecule has 0 aliphatic carbocycles. The highest BCUT2D eigenvalue weighted by atomic mass is 16.5. The third-order valence-electron chi connectivity index (χ3n) is 4.99. The fraction of sp³-hybridized carbons (Fsp3) is 0.471. The van der Waals surface area contributed by atoms with Crippen LogP contribution in [-0.2, 0) is 4.74 Å². The van der Waals surface area contributed by atoms with Crippen molar-refractivity contribution in [2.45, 2.75) is 43.9 Å². The van der Waals surface area contributed by atoms with Gasteiger partial charge in [-0.15, -0.1) is 0 Å². The third kappa shape index (κ3) is 2.14. The Morgan fingerprint density at radius 2 is 2.14 bits per heavy atom. The number of fused-ring (bicyclic) bond motifs is 3. The average molecular weight is 286 g/mol. The van der Waals surface area contributed by atoms with E-state index in [-0.39, 0.29) is 17.8 Å². The van der Waals surface area contributed by atoms with Gasteiger partial charge in [-0.2, -0.15) is 0 Å². The molecule has 2 fully saturated rings. The molecule has 3 atom stereocenters. The number of aromatic nitrogens is 1. The van der Waals surface area contributed by atoms with E-state index in [0.29, 0.717) is 29.0 Å². The molecule has 4 nitrogen and oxygen atoms in total. The van der Waals surface area contributed by atoms with Crippen LogP contribution in [0.5, 0.6) is 0 Å². The van der Waals surface area contributed by atoms with Crippen molar-refractivity contribution in [3.63, 3.8) is 0 Å². The second kappa shape index (κ2) is 4.88. The summed E-state index contributed by atoms with van der Waals surface area (Å²) in [7, 11) is 2.15. The van der Waals surface area contributed by atoms with E-state index in [4.69, 9.17) is 7.48 Å². The Kier molecular flexibility index (Phi) is 2.52. The minimum absolute atomic E-state index is 0.0593. The van der Waals surface area contributed by atoms with Gasteiger partial charge in [0.1, 0.15) is 6.10 Å². The molecule has 2 saturated heterocycles. The average Bonchev–Trinajstić information content (AvgIpc) is 2.90. The number of benzene rings is 1. The highest BCUT2D eigenvalue weighted by molar-refractivity contribution is 6.04. The van der Waals surface area contributed by atoms with Crippen molar-refractivity contribution in [1.82, 2.24) is 9.88 Å². The standard InChI is InChI=1S/C17H20N2O2/c1-19-11-6-7-12(19)9-13(8-11)21-17(20)15-10-18-16-5-3-2-4-14(15)16/h2-5,10-13,18H,6-9H2,1H3/t11-,12?,13?/m1/s1/i3D,10D. The summed E-state index contributed by atoms with van der Waals surface area (Å²) in [6.07, 6.45) is 4.12. The summed E-state index contributed by atoms with van der Waals surface area (Å²) in [4.78, 5) is 17.9. The zero-order valence-electron chi connectivity index (χ0n) is 14.1. The normalized spacial score (nSPS) is 30.2. The first-order valence-electron chi connectivity index (χ1n) is 8.55. The third-order valence-corrected chi connectivity index (χ3v) is 4.99. The Balaban J connectivity index is 1.57. The summed E-state index contributed by atoms with van der Waals surface area (Å²) in [5.41, 5.74) is 0.921. The fourth-order valence-electron chi connectivity index (χ4n) is 3.78. The fourth-order valence-corrected chi connectivity index (χ4v) is 3.78. The Bertz CT molecular complexity index is 759. The van der Waals surface area contributed by atoms with Crippen LogP contribution in [0.3, 0.4) is 0 Å². The van der Waals surface area contributed by atoms with Crippen LogP contribution in [-0.4, -0.2) is 41.1 Å². The van der Waals surface area contributed by atoms with E-state index in [0.717, 1.165) is 12.8 Å². The number of hydrogen-bond acceptors (Lipinski definition) is 3. The molecule has 0 radical (unpaired) electrons. The summed E-state index contributed by atoms with van der Waals surface area (Å²) in [5, 5.41) is 0.659. The predicted octanol–water partition coefficient (Wildman–Crippen LogP) is 2.95. The first kappa shape index (κ1) is 10.9. The van der Waals surface area contributed by atoms with E-state index in [9.17, 15) is 4.79 Å². The largest absolute Gasteiger partial charge is 0.459 e. The van der Waals surface area contributed by atoms with E-state index in [2.05, 4.69) is 16.9 Å². The molecular formula is C17H20N2O2. The lowest BCUT2D eigenvalue weighted by atomic mass is 10.0. The van der Waals surface area contributed by atoms with E-state index in [1.165, 1.54) is 12.8 Å². The van der Waals surface area contributed by atoms with Crippen LogP contribution in [0.4, 0.5) is 0 Å². The molecule has 0 amide bonds. The number of carbonyl (C=O) groups excluding carboxylic acids is 1. The molecule has 0 spiro atoms. The predicted molar refractivity (Wildman–Crippen MR) is 81.3 cm³/mol. The number of ether oxygens (including phenoxy) is 1. The number of rotatable bonds is 2. The van der Waals surface area contributed by atoms with Crippen LogP contribution in [0.15, 0.2) is 30.4 Å². The summed E-state index contributed by atoms with van der Waals surface area (Å²) in [5.74, 6) is -0.423. The first-order chi connectivity index (χ1) is 11.0. The van der Waals surface area contributed by atoms with Crippen molar-refractivity contribution >= 4 is 16.9 Å². The molecule has 1 aromatic heterocycles. The van der Waals surface area contributed by atoms with Crippen molar-refractivity contribution < 1.29 is 12.3 Å². The number of aromatic amines is 1. The molecule has 1 aromatic carbocycles. The number of H-pyrrole nitrogens is 1. The van der Waals surface area contributed by atoms with Crippen molar-refractivity contribution in [2.24, 2.45) is 0 Å². The number of para-hydroxylation sites is 1. The van der Waals surface area contributed by atoms with E-state index in [1.54, 1.807) is 18.2 Å². The maximum Gasteiger partial charge on any atom is 0.340 e. The van der Waals surface area contributed by atoms with Gasteiger partial charge in [-0.3, -0.25) is 0 Å². The summed E-state index contributed by atoms with van der Waals surface area (Å²) >= 11 is 0. The van der Waals surface area contributed by atoms with Crippen LogP contribution >= 0.6 is 0 Å². The molecule has 2 aromatic rings. The number of piperidine rings is 1. The lowest BCUT2D eigenvalue weighted by molar-refractivity contribution is -0.000258. The molecule has 3 heterocycles. The van der Waals surface area contributed by atoms with Crippen LogP contribution in [0, 0.1) is 0 Å². The zero-order chi connectivity index (χ0) is 16.1. The topological polar surface area (TPSA) is 45.3 Å². The number of carbonyl (C=O) groups is 1. The van der Waals surface area contributed by atoms with E-state index < -0.39 is 5.97 Å². The molecule has 2 unspecified atom stereocenters. The molecule has 21 heavy (non-hydrogen) atoms. The molecule has 0 saturated carbocycles. The van der Waals surface area contributed by atoms with Crippen molar-refractivity contribution in [3.05, 3.63) is 36.0 Å². The molecule has 4 rings (SSSR count). The Hall–Kier alpha value is -1.81. The van der Waals surface area contributed by atoms with Crippen molar-refractivity contribution in [3.8, 4) is 0 Å². The molecule has 2 bridgehead atoms. The summed E-state index contributed by atoms with van der Waals surface area (Å²) in [6.45, 7) is 0. The molecular weight excluding hydrogens is 264 g/mol.